The Morgan fingerprint density at radius 1 is 1.00 bits per heavy atom. The number of benzene rings is 1. The van der Waals surface area contributed by atoms with E-state index in [0.717, 1.165) is 6.54 Å². The highest BCUT2D eigenvalue weighted by Crippen LogP contribution is 2.33. The highest BCUT2D eigenvalue weighted by atomic mass is 15.2. The summed E-state index contributed by atoms with van der Waals surface area (Å²) in [6.07, 6.45) is 7.41. The van der Waals surface area contributed by atoms with E-state index in [0.29, 0.717) is 0 Å². The summed E-state index contributed by atoms with van der Waals surface area (Å²) in [7, 11) is 2.21. The second kappa shape index (κ2) is 7.33. The number of likely N-dealkylation sites (N-methyl/N-ethyl adjacent to an activating group) is 1. The minimum atomic E-state index is 1.000. The van der Waals surface area contributed by atoms with Crippen molar-refractivity contribution in [2.24, 2.45) is 0 Å². The molecule has 1 saturated heterocycles. The third-order valence-corrected chi connectivity index (χ3v) is 5.19. The highest BCUT2D eigenvalue weighted by Gasteiger charge is 2.13. The average Bonchev–Trinajstić information content (AvgIpc) is 3.26. The van der Waals surface area contributed by atoms with E-state index in [1.54, 1.807) is 0 Å². The van der Waals surface area contributed by atoms with Gasteiger partial charge in [-0.15, -0.1) is 0 Å². The van der Waals surface area contributed by atoms with Gasteiger partial charge in [0, 0.05) is 73.3 Å². The van der Waals surface area contributed by atoms with Gasteiger partial charge in [0.05, 0.1) is 5.69 Å². The fourth-order valence-corrected chi connectivity index (χ4v) is 3.62. The van der Waals surface area contributed by atoms with Crippen LogP contribution in [-0.2, 0) is 0 Å². The van der Waals surface area contributed by atoms with Gasteiger partial charge in [-0.1, -0.05) is 18.2 Å². The number of hydrogen-bond donors (Lipinski definition) is 3. The zero-order valence-corrected chi connectivity index (χ0v) is 14.9. The van der Waals surface area contributed by atoms with Gasteiger partial charge in [0.1, 0.15) is 0 Å². The molecule has 0 amide bonds. The quantitative estimate of drug-likeness (QED) is 0.605. The lowest BCUT2D eigenvalue weighted by Crippen LogP contribution is -2.44. The minimum absolute atomic E-state index is 1.000. The lowest BCUT2D eigenvalue weighted by atomic mass is 10.1. The molecule has 0 spiro atoms. The Balaban J connectivity index is 1.36. The molecular formula is C20H27N5. The summed E-state index contributed by atoms with van der Waals surface area (Å²) in [5.74, 6) is 0. The van der Waals surface area contributed by atoms with Gasteiger partial charge < -0.3 is 25.1 Å². The van der Waals surface area contributed by atoms with Crippen molar-refractivity contribution in [3.63, 3.8) is 0 Å². The summed E-state index contributed by atoms with van der Waals surface area (Å²) in [6, 6.07) is 8.45. The molecule has 0 saturated carbocycles. The summed E-state index contributed by atoms with van der Waals surface area (Å²) in [6.45, 7) is 6.95. The maximum atomic E-state index is 3.61. The van der Waals surface area contributed by atoms with E-state index in [2.05, 4.69) is 75.0 Å². The molecule has 3 heterocycles. The molecule has 0 atom stereocenters. The van der Waals surface area contributed by atoms with Crippen LogP contribution in [0.2, 0.25) is 0 Å². The van der Waals surface area contributed by atoms with Crippen LogP contribution in [0.4, 0.5) is 5.69 Å². The molecule has 25 heavy (non-hydrogen) atoms. The molecular weight excluding hydrogens is 310 g/mol. The van der Waals surface area contributed by atoms with Crippen molar-refractivity contribution in [2.75, 3.05) is 51.6 Å². The summed E-state index contributed by atoms with van der Waals surface area (Å²) < 4.78 is 0. The lowest BCUT2D eigenvalue weighted by molar-refractivity contribution is 0.154. The molecule has 1 aromatic carbocycles. The van der Waals surface area contributed by atoms with Gasteiger partial charge >= 0.3 is 0 Å². The molecule has 1 aliphatic rings. The summed E-state index contributed by atoms with van der Waals surface area (Å²) in [5.41, 5.74) is 4.85. The first-order chi connectivity index (χ1) is 12.3. The Bertz CT molecular complexity index is 810. The highest BCUT2D eigenvalue weighted by molar-refractivity contribution is 5.98. The third kappa shape index (κ3) is 3.57. The van der Waals surface area contributed by atoms with E-state index in [4.69, 9.17) is 0 Å². The zero-order valence-electron chi connectivity index (χ0n) is 14.9. The summed E-state index contributed by atoms with van der Waals surface area (Å²) >= 11 is 0. The monoisotopic (exact) mass is 337 g/mol. The number of anilines is 1. The molecule has 5 heteroatoms. The maximum absolute atomic E-state index is 3.61. The van der Waals surface area contributed by atoms with Crippen LogP contribution in [0, 0.1) is 0 Å². The van der Waals surface area contributed by atoms with Crippen molar-refractivity contribution >= 4 is 16.6 Å². The molecule has 0 aliphatic carbocycles. The van der Waals surface area contributed by atoms with Crippen LogP contribution in [0.25, 0.3) is 22.0 Å². The van der Waals surface area contributed by atoms with Gasteiger partial charge in [-0.3, -0.25) is 0 Å². The van der Waals surface area contributed by atoms with Crippen molar-refractivity contribution in [1.82, 2.24) is 19.8 Å². The maximum Gasteiger partial charge on any atom is 0.0598 e. The summed E-state index contributed by atoms with van der Waals surface area (Å²) in [5, 5.41) is 4.88. The first-order valence-electron chi connectivity index (χ1n) is 9.19. The average molecular weight is 337 g/mol. The van der Waals surface area contributed by atoms with E-state index < -0.39 is 0 Å². The Kier molecular flexibility index (Phi) is 4.76. The van der Waals surface area contributed by atoms with E-state index in [1.807, 2.05) is 0 Å². The van der Waals surface area contributed by atoms with Gasteiger partial charge in [0.2, 0.25) is 0 Å². The molecule has 3 N–H and O–H groups in total. The van der Waals surface area contributed by atoms with E-state index in [-0.39, 0.29) is 0 Å². The van der Waals surface area contributed by atoms with Gasteiger partial charge in [0.25, 0.3) is 0 Å². The third-order valence-electron chi connectivity index (χ3n) is 5.19. The Morgan fingerprint density at radius 3 is 2.72 bits per heavy atom. The predicted octanol–water partition coefficient (Wildman–Crippen LogP) is 3.21. The largest absolute Gasteiger partial charge is 0.383 e. The van der Waals surface area contributed by atoms with E-state index >= 15 is 0 Å². The van der Waals surface area contributed by atoms with Crippen molar-refractivity contribution in [2.45, 2.75) is 6.42 Å². The number of H-pyrrole nitrogens is 2. The summed E-state index contributed by atoms with van der Waals surface area (Å²) in [4.78, 5) is 11.6. The smallest absolute Gasteiger partial charge is 0.0598 e. The molecule has 4 rings (SSSR count). The molecule has 1 fully saturated rings. The van der Waals surface area contributed by atoms with Gasteiger partial charge in [0.15, 0.2) is 0 Å². The standard InChI is InChI=1S/C20H27N5/c1-24-9-11-25(12-10-24)8-4-7-22-20-15-21-13-18(20)17-14-23-19-6-3-2-5-16(17)19/h2-3,5-6,13-15,21-23H,4,7-12H2,1H3. The molecule has 3 aromatic rings. The number of nitrogens with zero attached hydrogens (tertiary/aromatic N) is 2. The first-order valence-corrected chi connectivity index (χ1v) is 9.19. The van der Waals surface area contributed by atoms with Crippen molar-refractivity contribution in [3.05, 3.63) is 42.9 Å². The normalized spacial score (nSPS) is 16.5. The molecule has 2 aromatic heterocycles. The van der Waals surface area contributed by atoms with Gasteiger partial charge in [-0.05, 0) is 26.1 Å². The first kappa shape index (κ1) is 16.2. The van der Waals surface area contributed by atoms with Crippen LogP contribution < -0.4 is 5.32 Å². The van der Waals surface area contributed by atoms with E-state index in [1.165, 1.54) is 66.9 Å². The predicted molar refractivity (Wildman–Crippen MR) is 105 cm³/mol. The number of aromatic amines is 2. The second-order valence-electron chi connectivity index (χ2n) is 6.96. The number of piperazine rings is 1. The Hall–Kier alpha value is -2.24. The molecule has 0 radical (unpaired) electrons. The molecule has 0 unspecified atom stereocenters. The van der Waals surface area contributed by atoms with Crippen molar-refractivity contribution in [1.29, 1.82) is 0 Å². The molecule has 132 valence electrons. The second-order valence-corrected chi connectivity index (χ2v) is 6.96. The zero-order chi connectivity index (χ0) is 17.1. The minimum Gasteiger partial charge on any atom is -0.383 e. The number of rotatable bonds is 6. The molecule has 0 bridgehead atoms. The topological polar surface area (TPSA) is 50.1 Å². The number of para-hydroxylation sites is 1. The number of hydrogen-bond acceptors (Lipinski definition) is 3. The van der Waals surface area contributed by atoms with Crippen molar-refractivity contribution < 1.29 is 0 Å². The fraction of sp³-hybridized carbons (Fsp3) is 0.400. The van der Waals surface area contributed by atoms with Crippen LogP contribution in [-0.4, -0.2) is 66.1 Å². The van der Waals surface area contributed by atoms with Gasteiger partial charge in [-0.25, -0.2) is 0 Å². The molecule has 5 nitrogen and oxygen atoms in total. The van der Waals surface area contributed by atoms with Crippen LogP contribution in [0.3, 0.4) is 0 Å². The molecule has 1 aliphatic heterocycles. The Labute approximate surface area is 149 Å². The lowest BCUT2D eigenvalue weighted by Gasteiger charge is -2.32. The number of fused-ring (bicyclic) bond motifs is 1. The van der Waals surface area contributed by atoms with E-state index in [9.17, 15) is 0 Å². The van der Waals surface area contributed by atoms with Crippen LogP contribution >= 0.6 is 0 Å². The van der Waals surface area contributed by atoms with Crippen molar-refractivity contribution in [3.8, 4) is 11.1 Å². The number of nitrogens with one attached hydrogen (secondary N) is 3. The van der Waals surface area contributed by atoms with Gasteiger partial charge in [-0.2, -0.15) is 0 Å². The van der Waals surface area contributed by atoms with Crippen LogP contribution in [0.15, 0.2) is 42.9 Å². The van der Waals surface area contributed by atoms with Crippen LogP contribution in [0.5, 0.6) is 0 Å². The number of aromatic nitrogens is 2. The fourth-order valence-electron chi connectivity index (χ4n) is 3.62. The Morgan fingerprint density at radius 2 is 1.84 bits per heavy atom. The SMILES string of the molecule is CN1CCN(CCCNc2c[nH]cc2-c2c[nH]c3ccccc23)CC1. The van der Waals surface area contributed by atoms with Crippen LogP contribution in [0.1, 0.15) is 6.42 Å².